The van der Waals surface area contributed by atoms with Crippen LogP contribution in [0.2, 0.25) is 0 Å². The highest BCUT2D eigenvalue weighted by molar-refractivity contribution is 7.89. The molecular formula is C22H30N2O4S. The van der Waals surface area contributed by atoms with Gasteiger partial charge in [0.1, 0.15) is 10.6 Å². The first kappa shape index (κ1) is 22.9. The van der Waals surface area contributed by atoms with Gasteiger partial charge in [-0.3, -0.25) is 4.79 Å². The van der Waals surface area contributed by atoms with Gasteiger partial charge in [0, 0.05) is 18.2 Å². The fourth-order valence-electron chi connectivity index (χ4n) is 3.41. The van der Waals surface area contributed by atoms with Crippen LogP contribution < -0.4 is 14.8 Å². The molecule has 0 aromatic heterocycles. The van der Waals surface area contributed by atoms with E-state index in [1.807, 2.05) is 0 Å². The van der Waals surface area contributed by atoms with Crippen molar-refractivity contribution in [2.75, 3.05) is 13.7 Å². The summed E-state index contributed by atoms with van der Waals surface area (Å²) in [5.74, 6) is -0.128. The van der Waals surface area contributed by atoms with E-state index < -0.39 is 10.0 Å². The molecule has 0 unspecified atom stereocenters. The maximum atomic E-state index is 12.6. The molecule has 2 N–H and O–H groups in total. The zero-order valence-electron chi connectivity index (χ0n) is 17.9. The number of carbonyl (C=O) groups excluding carboxylic acids is 1. The van der Waals surface area contributed by atoms with Crippen molar-refractivity contribution in [3.8, 4) is 5.75 Å². The van der Waals surface area contributed by atoms with E-state index in [9.17, 15) is 13.2 Å². The summed E-state index contributed by atoms with van der Waals surface area (Å²) in [6.07, 6.45) is 0.708. The van der Waals surface area contributed by atoms with Gasteiger partial charge in [0.05, 0.1) is 7.11 Å². The Hall–Kier alpha value is -2.38. The third-order valence-electron chi connectivity index (χ3n) is 4.61. The monoisotopic (exact) mass is 418 g/mol. The minimum absolute atomic E-state index is 0.0495. The lowest BCUT2D eigenvalue weighted by Crippen LogP contribution is -2.31. The van der Waals surface area contributed by atoms with E-state index >= 15 is 0 Å². The van der Waals surface area contributed by atoms with Gasteiger partial charge in [0.15, 0.2) is 0 Å². The van der Waals surface area contributed by atoms with Gasteiger partial charge in [-0.1, -0.05) is 17.7 Å². The van der Waals surface area contributed by atoms with E-state index in [0.29, 0.717) is 13.0 Å². The molecule has 0 saturated carbocycles. The van der Waals surface area contributed by atoms with Crippen LogP contribution >= 0.6 is 0 Å². The van der Waals surface area contributed by atoms with Crippen molar-refractivity contribution < 1.29 is 17.9 Å². The smallest absolute Gasteiger partial charge is 0.251 e. The van der Waals surface area contributed by atoms with E-state index in [1.165, 1.54) is 41.5 Å². The van der Waals surface area contributed by atoms with E-state index in [-0.39, 0.29) is 28.2 Å². The molecule has 6 nitrogen and oxygen atoms in total. The normalized spacial score (nSPS) is 11.6. The molecule has 0 saturated heterocycles. The van der Waals surface area contributed by atoms with Crippen LogP contribution in [0.25, 0.3) is 0 Å². The largest absolute Gasteiger partial charge is 0.495 e. The molecule has 0 aliphatic carbocycles. The van der Waals surface area contributed by atoms with Crippen LogP contribution in [0.1, 0.15) is 46.5 Å². The number of hydrogen-bond acceptors (Lipinski definition) is 4. The molecule has 0 atom stereocenters. The van der Waals surface area contributed by atoms with E-state index in [4.69, 9.17) is 4.74 Å². The van der Waals surface area contributed by atoms with Crippen LogP contribution in [0.4, 0.5) is 0 Å². The molecule has 0 heterocycles. The Morgan fingerprint density at radius 1 is 1.07 bits per heavy atom. The van der Waals surface area contributed by atoms with Gasteiger partial charge < -0.3 is 10.1 Å². The number of ether oxygens (including phenoxy) is 1. The number of benzene rings is 2. The molecule has 0 bridgehead atoms. The summed E-state index contributed by atoms with van der Waals surface area (Å²) in [5.41, 5.74) is 5.11. The Kier molecular flexibility index (Phi) is 7.43. The van der Waals surface area contributed by atoms with E-state index in [1.54, 1.807) is 19.9 Å². The van der Waals surface area contributed by atoms with Crippen LogP contribution in [0.5, 0.6) is 5.75 Å². The Labute approximate surface area is 173 Å². The van der Waals surface area contributed by atoms with Crippen molar-refractivity contribution >= 4 is 15.9 Å². The molecule has 0 aliphatic heterocycles. The van der Waals surface area contributed by atoms with Gasteiger partial charge in [-0.25, -0.2) is 13.1 Å². The molecule has 0 fully saturated rings. The highest BCUT2D eigenvalue weighted by atomic mass is 32.2. The molecule has 2 rings (SSSR count). The number of aryl methyl sites for hydroxylation is 3. The molecule has 158 valence electrons. The summed E-state index contributed by atoms with van der Waals surface area (Å²) in [5, 5.41) is 2.88. The fourth-order valence-corrected chi connectivity index (χ4v) is 4.85. The number of sulfonamides is 1. The molecule has 2 aromatic rings. The van der Waals surface area contributed by atoms with E-state index in [2.05, 4.69) is 42.9 Å². The standard InChI is InChI=1S/C22H30N2O4S/c1-14(2)24-29(26,27)21-13-18(7-8-20(21)28-6)22(25)23-10-9-19-16(4)11-15(3)12-17(19)5/h7-8,11-14,24H,9-10H2,1-6H3,(H,23,25). The molecular weight excluding hydrogens is 388 g/mol. The number of hydrogen-bond donors (Lipinski definition) is 2. The summed E-state index contributed by atoms with van der Waals surface area (Å²) >= 11 is 0. The molecule has 7 heteroatoms. The topological polar surface area (TPSA) is 84.5 Å². The number of rotatable bonds is 8. The van der Waals surface area contributed by atoms with Gasteiger partial charge in [0.25, 0.3) is 5.91 Å². The lowest BCUT2D eigenvalue weighted by molar-refractivity contribution is 0.0954. The molecule has 2 aromatic carbocycles. The lowest BCUT2D eigenvalue weighted by atomic mass is 9.97. The third-order valence-corrected chi connectivity index (χ3v) is 6.29. The Morgan fingerprint density at radius 2 is 1.69 bits per heavy atom. The zero-order chi connectivity index (χ0) is 21.8. The number of amides is 1. The molecule has 0 aliphatic rings. The minimum Gasteiger partial charge on any atom is -0.495 e. The predicted octanol–water partition coefficient (Wildman–Crippen LogP) is 3.28. The number of nitrogens with one attached hydrogen (secondary N) is 2. The number of methoxy groups -OCH3 is 1. The van der Waals surface area contributed by atoms with Crippen molar-refractivity contribution in [3.63, 3.8) is 0 Å². The second-order valence-corrected chi connectivity index (χ2v) is 9.21. The second-order valence-electron chi connectivity index (χ2n) is 7.52. The first-order valence-electron chi connectivity index (χ1n) is 9.60. The quantitative estimate of drug-likeness (QED) is 0.689. The highest BCUT2D eigenvalue weighted by Crippen LogP contribution is 2.25. The van der Waals surface area contributed by atoms with Crippen LogP contribution in [-0.4, -0.2) is 34.0 Å². The van der Waals surface area contributed by atoms with Gasteiger partial charge in [-0.15, -0.1) is 0 Å². The van der Waals surface area contributed by atoms with Crippen molar-refractivity contribution in [1.29, 1.82) is 0 Å². The van der Waals surface area contributed by atoms with E-state index in [0.717, 1.165) is 0 Å². The first-order valence-corrected chi connectivity index (χ1v) is 11.1. The Morgan fingerprint density at radius 3 is 2.24 bits per heavy atom. The summed E-state index contributed by atoms with van der Waals surface area (Å²) < 4.78 is 32.8. The SMILES string of the molecule is COc1ccc(C(=O)NCCc2c(C)cc(C)cc2C)cc1S(=O)(=O)NC(C)C. The second kappa shape index (κ2) is 9.41. The molecule has 0 spiro atoms. The minimum atomic E-state index is -3.79. The van der Waals surface area contributed by atoms with Crippen molar-refractivity contribution in [3.05, 3.63) is 58.1 Å². The predicted molar refractivity (Wildman–Crippen MR) is 115 cm³/mol. The Balaban J connectivity index is 2.16. The lowest BCUT2D eigenvalue weighted by Gasteiger charge is -2.15. The van der Waals surface area contributed by atoms with Crippen molar-refractivity contribution in [1.82, 2.24) is 10.0 Å². The molecule has 0 radical (unpaired) electrons. The highest BCUT2D eigenvalue weighted by Gasteiger charge is 2.22. The first-order chi connectivity index (χ1) is 13.5. The maximum absolute atomic E-state index is 12.6. The summed E-state index contributed by atoms with van der Waals surface area (Å²) in [6.45, 7) is 10.1. The molecule has 1 amide bonds. The number of carbonyl (C=O) groups is 1. The van der Waals surface area contributed by atoms with Crippen LogP contribution in [-0.2, 0) is 16.4 Å². The van der Waals surface area contributed by atoms with Crippen molar-refractivity contribution in [2.45, 2.75) is 52.0 Å². The summed E-state index contributed by atoms with van der Waals surface area (Å²) in [4.78, 5) is 12.5. The maximum Gasteiger partial charge on any atom is 0.251 e. The van der Waals surface area contributed by atoms with Gasteiger partial charge in [-0.2, -0.15) is 0 Å². The average Bonchev–Trinajstić information content (AvgIpc) is 2.62. The van der Waals surface area contributed by atoms with Crippen LogP contribution in [0.15, 0.2) is 35.2 Å². The molecule has 29 heavy (non-hydrogen) atoms. The van der Waals surface area contributed by atoms with Crippen LogP contribution in [0.3, 0.4) is 0 Å². The van der Waals surface area contributed by atoms with Gasteiger partial charge >= 0.3 is 0 Å². The fraction of sp³-hybridized carbons (Fsp3) is 0.409. The summed E-state index contributed by atoms with van der Waals surface area (Å²) in [7, 11) is -2.39. The van der Waals surface area contributed by atoms with Gasteiger partial charge in [0.2, 0.25) is 10.0 Å². The van der Waals surface area contributed by atoms with Crippen molar-refractivity contribution in [2.24, 2.45) is 0 Å². The summed E-state index contributed by atoms with van der Waals surface area (Å²) in [6, 6.07) is 8.40. The average molecular weight is 419 g/mol. The third kappa shape index (κ3) is 5.81. The Bertz CT molecular complexity index is 975. The zero-order valence-corrected chi connectivity index (χ0v) is 18.7. The van der Waals surface area contributed by atoms with Crippen LogP contribution in [0, 0.1) is 20.8 Å². The van der Waals surface area contributed by atoms with Gasteiger partial charge in [-0.05, 0) is 75.9 Å².